The molecule has 0 radical (unpaired) electrons. The smallest absolute Gasteiger partial charge is 0.280 e. The van der Waals surface area contributed by atoms with E-state index in [0.29, 0.717) is 24.3 Å². The summed E-state index contributed by atoms with van der Waals surface area (Å²) < 4.78 is 27.8. The molecule has 0 N–H and O–H groups in total. The van der Waals surface area contributed by atoms with E-state index in [0.717, 1.165) is 17.4 Å². The zero-order valence-electron chi connectivity index (χ0n) is 13.8. The Bertz CT molecular complexity index is 929. The first-order valence-electron chi connectivity index (χ1n) is 8.31. The van der Waals surface area contributed by atoms with Crippen LogP contribution in [0.25, 0.3) is 5.78 Å². The molecular weight excluding hydrogens is 342 g/mol. The normalized spacial score (nSPS) is 17.8. The molecule has 0 spiro atoms. The number of hydrogen-bond acceptors (Lipinski definition) is 5. The highest BCUT2D eigenvalue weighted by molar-refractivity contribution is 5.94. The van der Waals surface area contributed by atoms with E-state index in [1.807, 2.05) is 0 Å². The largest absolute Gasteiger partial charge is 0.338 e. The molecule has 3 aromatic rings. The predicted molar refractivity (Wildman–Crippen MR) is 87.9 cm³/mol. The van der Waals surface area contributed by atoms with Crippen molar-refractivity contribution in [3.63, 3.8) is 0 Å². The molecule has 26 heavy (non-hydrogen) atoms. The molecule has 1 saturated heterocycles. The van der Waals surface area contributed by atoms with Gasteiger partial charge in [-0.05, 0) is 31.0 Å². The van der Waals surface area contributed by atoms with Gasteiger partial charge in [-0.3, -0.25) is 9.78 Å². The van der Waals surface area contributed by atoms with E-state index < -0.39 is 6.43 Å². The van der Waals surface area contributed by atoms with E-state index in [1.54, 1.807) is 23.2 Å². The van der Waals surface area contributed by atoms with Gasteiger partial charge in [0.05, 0.1) is 11.3 Å². The average Bonchev–Trinajstić information content (AvgIpc) is 3.16. The Hall–Kier alpha value is -2.97. The third-order valence-corrected chi connectivity index (χ3v) is 4.56. The van der Waals surface area contributed by atoms with Gasteiger partial charge >= 0.3 is 0 Å². The number of halogens is 2. The van der Waals surface area contributed by atoms with Crippen molar-refractivity contribution >= 4 is 11.7 Å². The lowest BCUT2D eigenvalue weighted by Gasteiger charge is -2.32. The van der Waals surface area contributed by atoms with E-state index in [-0.39, 0.29) is 23.3 Å². The Morgan fingerprint density at radius 1 is 1.35 bits per heavy atom. The van der Waals surface area contributed by atoms with Gasteiger partial charge in [-0.25, -0.2) is 13.8 Å². The van der Waals surface area contributed by atoms with Crippen LogP contribution in [0, 0.1) is 0 Å². The second kappa shape index (κ2) is 6.74. The van der Waals surface area contributed by atoms with Gasteiger partial charge in [0.2, 0.25) is 0 Å². The van der Waals surface area contributed by atoms with Gasteiger partial charge in [0.25, 0.3) is 18.1 Å². The zero-order valence-corrected chi connectivity index (χ0v) is 13.8. The second-order valence-corrected chi connectivity index (χ2v) is 6.21. The number of amides is 1. The lowest BCUT2D eigenvalue weighted by Crippen LogP contribution is -2.39. The monoisotopic (exact) mass is 358 g/mol. The summed E-state index contributed by atoms with van der Waals surface area (Å²) in [5.41, 5.74) is 0.796. The molecule has 0 unspecified atom stereocenters. The predicted octanol–water partition coefficient (Wildman–Crippen LogP) is 2.48. The molecule has 134 valence electrons. The molecule has 1 fully saturated rings. The van der Waals surface area contributed by atoms with Crippen molar-refractivity contribution in [2.45, 2.75) is 25.2 Å². The molecule has 9 heteroatoms. The van der Waals surface area contributed by atoms with E-state index in [4.69, 9.17) is 0 Å². The van der Waals surface area contributed by atoms with Crippen molar-refractivity contribution in [1.29, 1.82) is 0 Å². The van der Waals surface area contributed by atoms with E-state index in [1.165, 1.54) is 18.6 Å². The summed E-state index contributed by atoms with van der Waals surface area (Å²) in [6.07, 6.45) is 3.21. The van der Waals surface area contributed by atoms with Crippen LogP contribution in [0.1, 0.15) is 46.9 Å². The first kappa shape index (κ1) is 16.5. The standard InChI is InChI=1S/C17H16F2N6O/c18-15(19)14-7-13(23-17-21-10-22-25(14)17)12-4-2-6-24(9-12)16(26)11-3-1-5-20-8-11/h1,3,5,7-8,10,12,15H,2,4,6,9H2/t12-/m1/s1. The van der Waals surface area contributed by atoms with Crippen LogP contribution in [0.2, 0.25) is 0 Å². The Morgan fingerprint density at radius 2 is 2.23 bits per heavy atom. The van der Waals surface area contributed by atoms with Gasteiger partial charge in [0, 0.05) is 31.4 Å². The molecule has 0 bridgehead atoms. The number of likely N-dealkylation sites (tertiary alicyclic amines) is 1. The van der Waals surface area contributed by atoms with Crippen LogP contribution in [-0.2, 0) is 0 Å². The van der Waals surface area contributed by atoms with Crippen molar-refractivity contribution in [1.82, 2.24) is 29.5 Å². The molecule has 4 heterocycles. The van der Waals surface area contributed by atoms with Crippen LogP contribution < -0.4 is 0 Å². The number of carbonyl (C=O) groups excluding carboxylic acids is 1. The number of rotatable bonds is 3. The third kappa shape index (κ3) is 3.00. The van der Waals surface area contributed by atoms with Crippen LogP contribution in [-0.4, -0.2) is 48.5 Å². The summed E-state index contributed by atoms with van der Waals surface area (Å²) in [4.78, 5) is 26.7. The molecule has 0 aromatic carbocycles. The molecule has 1 amide bonds. The van der Waals surface area contributed by atoms with Crippen molar-refractivity contribution in [3.8, 4) is 0 Å². The molecule has 1 aliphatic rings. The number of aromatic nitrogens is 5. The van der Waals surface area contributed by atoms with Gasteiger partial charge < -0.3 is 4.90 Å². The van der Waals surface area contributed by atoms with Crippen molar-refractivity contribution in [2.75, 3.05) is 13.1 Å². The summed E-state index contributed by atoms with van der Waals surface area (Å²) in [6, 6.07) is 4.80. The number of nitrogens with zero attached hydrogens (tertiary/aromatic N) is 6. The maximum Gasteiger partial charge on any atom is 0.280 e. The summed E-state index contributed by atoms with van der Waals surface area (Å²) in [6.45, 7) is 1.05. The molecule has 7 nitrogen and oxygen atoms in total. The highest BCUT2D eigenvalue weighted by Gasteiger charge is 2.28. The molecule has 3 aromatic heterocycles. The van der Waals surface area contributed by atoms with Gasteiger partial charge in [-0.2, -0.15) is 14.6 Å². The van der Waals surface area contributed by atoms with Crippen LogP contribution in [0.3, 0.4) is 0 Å². The highest BCUT2D eigenvalue weighted by Crippen LogP contribution is 2.29. The van der Waals surface area contributed by atoms with Crippen LogP contribution >= 0.6 is 0 Å². The molecule has 4 rings (SSSR count). The third-order valence-electron chi connectivity index (χ3n) is 4.56. The Labute approximate surface area is 147 Å². The fourth-order valence-corrected chi connectivity index (χ4v) is 3.29. The first-order chi connectivity index (χ1) is 12.6. The highest BCUT2D eigenvalue weighted by atomic mass is 19.3. The number of fused-ring (bicyclic) bond motifs is 1. The summed E-state index contributed by atoms with van der Waals surface area (Å²) >= 11 is 0. The van der Waals surface area contributed by atoms with Gasteiger partial charge in [0.1, 0.15) is 12.0 Å². The summed E-state index contributed by atoms with van der Waals surface area (Å²) in [5, 5.41) is 3.80. The number of pyridine rings is 1. The first-order valence-corrected chi connectivity index (χ1v) is 8.31. The fraction of sp³-hybridized carbons (Fsp3) is 0.353. The second-order valence-electron chi connectivity index (χ2n) is 6.21. The zero-order chi connectivity index (χ0) is 18.1. The van der Waals surface area contributed by atoms with Crippen molar-refractivity contribution < 1.29 is 13.6 Å². The molecule has 1 atom stereocenters. The Morgan fingerprint density at radius 3 is 3.00 bits per heavy atom. The minimum Gasteiger partial charge on any atom is -0.338 e. The summed E-state index contributed by atoms with van der Waals surface area (Å²) in [7, 11) is 0. The lowest BCUT2D eigenvalue weighted by atomic mass is 9.93. The van der Waals surface area contributed by atoms with E-state index in [9.17, 15) is 13.6 Å². The average molecular weight is 358 g/mol. The quantitative estimate of drug-likeness (QED) is 0.719. The van der Waals surface area contributed by atoms with Crippen molar-refractivity contribution in [2.24, 2.45) is 0 Å². The van der Waals surface area contributed by atoms with E-state index in [2.05, 4.69) is 20.1 Å². The molecule has 0 aliphatic carbocycles. The van der Waals surface area contributed by atoms with Crippen LogP contribution in [0.4, 0.5) is 8.78 Å². The number of carbonyl (C=O) groups is 1. The number of hydrogen-bond donors (Lipinski definition) is 0. The molecule has 0 saturated carbocycles. The van der Waals surface area contributed by atoms with Crippen molar-refractivity contribution in [3.05, 3.63) is 53.9 Å². The number of alkyl halides is 2. The van der Waals surface area contributed by atoms with Gasteiger partial charge in [-0.1, -0.05) is 0 Å². The SMILES string of the molecule is O=C(c1cccnc1)N1CCC[C@@H](c2cc(C(F)F)n3ncnc3n2)C1. The van der Waals surface area contributed by atoms with Crippen LogP contribution in [0.5, 0.6) is 0 Å². The fourth-order valence-electron chi connectivity index (χ4n) is 3.29. The van der Waals surface area contributed by atoms with Crippen LogP contribution in [0.15, 0.2) is 36.9 Å². The molecule has 1 aliphatic heterocycles. The Kier molecular flexibility index (Phi) is 4.27. The molecular formula is C17H16F2N6O. The Balaban J connectivity index is 1.62. The minimum atomic E-state index is -2.68. The van der Waals surface area contributed by atoms with Gasteiger partial charge in [-0.15, -0.1) is 0 Å². The van der Waals surface area contributed by atoms with Gasteiger partial charge in [0.15, 0.2) is 0 Å². The number of piperidine rings is 1. The minimum absolute atomic E-state index is 0.111. The summed E-state index contributed by atoms with van der Waals surface area (Å²) in [5.74, 6) is -0.0856. The lowest BCUT2D eigenvalue weighted by molar-refractivity contribution is 0.0705. The maximum atomic E-state index is 13.4. The van der Waals surface area contributed by atoms with E-state index >= 15 is 0 Å². The topological polar surface area (TPSA) is 76.3 Å². The maximum absolute atomic E-state index is 13.4.